The van der Waals surface area contributed by atoms with Crippen LogP contribution in [0.25, 0.3) is 0 Å². The van der Waals surface area contributed by atoms with Gasteiger partial charge in [0.1, 0.15) is 0 Å². The van der Waals surface area contributed by atoms with Crippen LogP contribution in [0.2, 0.25) is 0 Å². The van der Waals surface area contributed by atoms with E-state index in [1.807, 2.05) is 0 Å². The van der Waals surface area contributed by atoms with E-state index in [2.05, 4.69) is 60.6 Å². The van der Waals surface area contributed by atoms with E-state index in [0.717, 1.165) is 6.42 Å². The molecule has 102 valence electrons. The molecular weight excluding hydrogens is 228 g/mol. The highest BCUT2D eigenvalue weighted by atomic mass is 35.5. The summed E-state index contributed by atoms with van der Waals surface area (Å²) in [7, 11) is 0. The first kappa shape index (κ1) is 17.0. The van der Waals surface area contributed by atoms with Crippen LogP contribution in [0.5, 0.6) is 0 Å². The van der Waals surface area contributed by atoms with Gasteiger partial charge < -0.3 is 0 Å². The second-order valence-electron chi connectivity index (χ2n) is 8.07. The molecule has 0 saturated heterocycles. The molecule has 0 bridgehead atoms. The van der Waals surface area contributed by atoms with Gasteiger partial charge in [0.2, 0.25) is 0 Å². The van der Waals surface area contributed by atoms with Gasteiger partial charge in [0.05, 0.1) is 0 Å². The minimum absolute atomic E-state index is 0.358. The Morgan fingerprint density at radius 2 is 1.29 bits per heavy atom. The molecule has 0 nitrogen and oxygen atoms in total. The molecule has 0 saturated carbocycles. The molecular formula is C16H31Cl. The molecule has 0 aliphatic heterocycles. The molecule has 0 amide bonds. The average Bonchev–Trinajstić information content (AvgIpc) is 1.96. The van der Waals surface area contributed by atoms with Crippen LogP contribution < -0.4 is 0 Å². The molecule has 0 atom stereocenters. The molecule has 0 aliphatic carbocycles. The van der Waals surface area contributed by atoms with Crippen molar-refractivity contribution in [3.8, 4) is 0 Å². The monoisotopic (exact) mass is 258 g/mol. The van der Waals surface area contributed by atoms with Gasteiger partial charge >= 0.3 is 0 Å². The zero-order valence-corrected chi connectivity index (χ0v) is 13.6. The first-order valence-corrected chi connectivity index (χ1v) is 7.22. The Morgan fingerprint density at radius 1 is 0.765 bits per heavy atom. The Bertz CT molecular complexity index is 241. The van der Waals surface area contributed by atoms with Gasteiger partial charge in [0.15, 0.2) is 0 Å². The summed E-state index contributed by atoms with van der Waals surface area (Å²) in [6.45, 7) is 16.5. The summed E-state index contributed by atoms with van der Waals surface area (Å²) >= 11 is 5.66. The summed E-state index contributed by atoms with van der Waals surface area (Å²) in [5, 5.41) is 0. The Kier molecular flexibility index (Phi) is 6.28. The van der Waals surface area contributed by atoms with Crippen LogP contribution in [0.3, 0.4) is 0 Å². The van der Waals surface area contributed by atoms with Crippen LogP contribution in [0.15, 0.2) is 12.2 Å². The average molecular weight is 259 g/mol. The van der Waals surface area contributed by atoms with E-state index in [4.69, 9.17) is 11.6 Å². The maximum Gasteiger partial charge on any atom is 0.0404 e. The lowest BCUT2D eigenvalue weighted by molar-refractivity contribution is 0.134. The number of hydrogen-bond donors (Lipinski definition) is 0. The van der Waals surface area contributed by atoms with E-state index in [9.17, 15) is 0 Å². The van der Waals surface area contributed by atoms with Crippen molar-refractivity contribution in [3.63, 3.8) is 0 Å². The molecule has 17 heavy (non-hydrogen) atoms. The summed E-state index contributed by atoms with van der Waals surface area (Å²) in [5.41, 5.74) is 1.17. The van der Waals surface area contributed by atoms with Crippen molar-refractivity contribution in [2.75, 3.05) is 5.88 Å². The van der Waals surface area contributed by atoms with Crippen molar-refractivity contribution >= 4 is 11.6 Å². The predicted octanol–water partition coefficient (Wildman–Crippen LogP) is 6.05. The zero-order chi connectivity index (χ0) is 13.7. The number of halogens is 1. The first-order chi connectivity index (χ1) is 7.47. The molecule has 0 unspecified atom stereocenters. The Labute approximate surface area is 114 Å². The van der Waals surface area contributed by atoms with E-state index in [1.165, 1.54) is 12.8 Å². The number of alkyl halides is 1. The van der Waals surface area contributed by atoms with Crippen LogP contribution in [0.4, 0.5) is 0 Å². The summed E-state index contributed by atoms with van der Waals surface area (Å²) in [5.74, 6) is 0.626. The van der Waals surface area contributed by atoms with Gasteiger partial charge in [-0.2, -0.15) is 0 Å². The minimum atomic E-state index is 0.358. The lowest BCUT2D eigenvalue weighted by Crippen LogP contribution is -2.27. The highest BCUT2D eigenvalue weighted by molar-refractivity contribution is 6.18. The van der Waals surface area contributed by atoms with Gasteiger partial charge in [0, 0.05) is 5.88 Å². The van der Waals surface area contributed by atoms with Gasteiger partial charge in [-0.15, -0.1) is 11.6 Å². The summed E-state index contributed by atoms with van der Waals surface area (Å²) in [6.07, 6.45) is 7.92. The van der Waals surface area contributed by atoms with Gasteiger partial charge in [-0.25, -0.2) is 0 Å². The largest absolute Gasteiger partial charge is 0.122 e. The highest BCUT2D eigenvalue weighted by Gasteiger charge is 2.31. The maximum absolute atomic E-state index is 5.66. The topological polar surface area (TPSA) is 0 Å². The van der Waals surface area contributed by atoms with Crippen molar-refractivity contribution in [2.45, 2.75) is 67.7 Å². The summed E-state index contributed by atoms with van der Waals surface area (Å²) in [6, 6.07) is 0. The molecule has 1 heteroatoms. The Balaban J connectivity index is 4.42. The molecule has 0 aromatic carbocycles. The third kappa shape index (κ3) is 9.71. The summed E-state index contributed by atoms with van der Waals surface area (Å²) in [4.78, 5) is 0. The van der Waals surface area contributed by atoms with Crippen LogP contribution >= 0.6 is 11.6 Å². The fourth-order valence-electron chi connectivity index (χ4n) is 3.33. The maximum atomic E-state index is 5.66. The lowest BCUT2D eigenvalue weighted by Gasteiger charge is -2.38. The molecule has 0 N–H and O–H groups in total. The molecule has 0 aromatic rings. The Hall–Kier alpha value is 0.0300. The van der Waals surface area contributed by atoms with Gasteiger partial charge in [-0.3, -0.25) is 0 Å². The molecule has 0 aromatic heterocycles. The minimum Gasteiger partial charge on any atom is -0.122 e. The Morgan fingerprint density at radius 3 is 1.71 bits per heavy atom. The molecule has 0 radical (unpaired) electrons. The highest BCUT2D eigenvalue weighted by Crippen LogP contribution is 2.43. The fraction of sp³-hybridized carbons (Fsp3) is 0.875. The van der Waals surface area contributed by atoms with Crippen molar-refractivity contribution < 1.29 is 0 Å². The second kappa shape index (κ2) is 6.27. The zero-order valence-electron chi connectivity index (χ0n) is 12.9. The predicted molar refractivity (Wildman–Crippen MR) is 80.7 cm³/mol. The molecule has 0 aliphatic rings. The van der Waals surface area contributed by atoms with Crippen LogP contribution in [0.1, 0.15) is 67.7 Å². The SMILES string of the molecule is CC(C)(C)CC(C)(C)CC(C)(C)CC=CCCl. The normalized spacial score (nSPS) is 14.6. The molecule has 0 fully saturated rings. The smallest absolute Gasteiger partial charge is 0.0404 e. The second-order valence-corrected chi connectivity index (χ2v) is 8.38. The molecule has 0 spiro atoms. The third-order valence-corrected chi connectivity index (χ3v) is 3.07. The standard InChI is InChI=1S/C16H31Cl/c1-14(2,3)12-16(6,7)13-15(4,5)10-8-9-11-17/h8-9H,10-13H2,1-7H3. The van der Waals surface area contributed by atoms with E-state index in [0.29, 0.717) is 22.1 Å². The van der Waals surface area contributed by atoms with Crippen LogP contribution in [0, 0.1) is 16.2 Å². The number of hydrogen-bond acceptors (Lipinski definition) is 0. The van der Waals surface area contributed by atoms with E-state index < -0.39 is 0 Å². The van der Waals surface area contributed by atoms with E-state index in [-0.39, 0.29) is 0 Å². The quantitative estimate of drug-likeness (QED) is 0.402. The van der Waals surface area contributed by atoms with E-state index >= 15 is 0 Å². The molecule has 0 heterocycles. The third-order valence-electron chi connectivity index (χ3n) is 2.89. The van der Waals surface area contributed by atoms with Crippen LogP contribution in [-0.2, 0) is 0 Å². The van der Waals surface area contributed by atoms with Gasteiger partial charge in [-0.05, 0) is 35.5 Å². The van der Waals surface area contributed by atoms with Crippen molar-refractivity contribution in [2.24, 2.45) is 16.2 Å². The van der Waals surface area contributed by atoms with E-state index in [1.54, 1.807) is 0 Å². The summed E-state index contributed by atoms with van der Waals surface area (Å²) < 4.78 is 0. The van der Waals surface area contributed by atoms with Gasteiger partial charge in [-0.1, -0.05) is 60.6 Å². The fourth-order valence-corrected chi connectivity index (χ4v) is 3.46. The number of allylic oxidation sites excluding steroid dienone is 2. The van der Waals surface area contributed by atoms with Gasteiger partial charge in [0.25, 0.3) is 0 Å². The molecule has 0 rings (SSSR count). The van der Waals surface area contributed by atoms with Crippen LogP contribution in [-0.4, -0.2) is 5.88 Å². The van der Waals surface area contributed by atoms with Crippen molar-refractivity contribution in [1.82, 2.24) is 0 Å². The van der Waals surface area contributed by atoms with Crippen molar-refractivity contribution in [3.05, 3.63) is 12.2 Å². The first-order valence-electron chi connectivity index (χ1n) is 6.68. The lowest BCUT2D eigenvalue weighted by atomic mass is 9.67. The van der Waals surface area contributed by atoms with Crippen molar-refractivity contribution in [1.29, 1.82) is 0 Å². The number of rotatable bonds is 6.